The quantitative estimate of drug-likeness (QED) is 0.756. The van der Waals surface area contributed by atoms with Gasteiger partial charge in [0.25, 0.3) is 5.91 Å². The molecule has 124 valence electrons. The number of carbonyl (C=O) groups excluding carboxylic acids is 2. The highest BCUT2D eigenvalue weighted by atomic mass is 16.3. The zero-order valence-electron chi connectivity index (χ0n) is 13.9. The fourth-order valence-electron chi connectivity index (χ4n) is 3.16. The highest BCUT2D eigenvalue weighted by Gasteiger charge is 2.48. The Bertz CT molecular complexity index is 827. The molecule has 0 aromatic heterocycles. The fourth-order valence-corrected chi connectivity index (χ4v) is 3.16. The molecule has 0 saturated carbocycles. The van der Waals surface area contributed by atoms with Crippen LogP contribution in [-0.2, 0) is 10.4 Å². The smallest absolute Gasteiger partial charge is 0.261 e. The summed E-state index contributed by atoms with van der Waals surface area (Å²) in [5.74, 6) is -0.820. The average Bonchev–Trinajstić information content (AvgIpc) is 2.83. The lowest BCUT2D eigenvalue weighted by atomic mass is 9.85. The minimum absolute atomic E-state index is 0.274. The van der Waals surface area contributed by atoms with Gasteiger partial charge in [0.2, 0.25) is 0 Å². The Kier molecular flexibility index (Phi) is 3.89. The van der Waals surface area contributed by atoms with Crippen molar-refractivity contribution in [1.29, 1.82) is 0 Å². The normalized spacial score (nSPS) is 18.9. The van der Waals surface area contributed by atoms with Crippen molar-refractivity contribution in [3.63, 3.8) is 0 Å². The van der Waals surface area contributed by atoms with E-state index in [-0.39, 0.29) is 12.2 Å². The molecule has 0 spiro atoms. The number of hydrogen-bond acceptors (Lipinski definition) is 4. The van der Waals surface area contributed by atoms with Crippen molar-refractivity contribution >= 4 is 23.1 Å². The maximum Gasteiger partial charge on any atom is 0.261 e. The number of fused-ring (bicyclic) bond motifs is 1. The van der Waals surface area contributed by atoms with Gasteiger partial charge in [-0.2, -0.15) is 0 Å². The first-order valence-electron chi connectivity index (χ1n) is 7.82. The number of amides is 1. The van der Waals surface area contributed by atoms with Crippen LogP contribution in [0.3, 0.4) is 0 Å². The van der Waals surface area contributed by atoms with Gasteiger partial charge in [-0.15, -0.1) is 0 Å². The van der Waals surface area contributed by atoms with Crippen LogP contribution in [0.1, 0.15) is 33.5 Å². The van der Waals surface area contributed by atoms with Gasteiger partial charge >= 0.3 is 0 Å². The lowest BCUT2D eigenvalue weighted by Gasteiger charge is -2.22. The summed E-state index contributed by atoms with van der Waals surface area (Å²) >= 11 is 0. The molecule has 0 aliphatic carbocycles. The summed E-state index contributed by atoms with van der Waals surface area (Å²) in [6.07, 6.45) is -0.283. The molecule has 2 aromatic carbocycles. The minimum Gasteiger partial charge on any atom is -0.388 e. The molecule has 1 aliphatic rings. The third-order valence-corrected chi connectivity index (χ3v) is 4.56. The summed E-state index contributed by atoms with van der Waals surface area (Å²) in [5, 5.41) is 16.7. The van der Waals surface area contributed by atoms with Crippen LogP contribution in [0.15, 0.2) is 36.4 Å². The number of benzene rings is 2. The number of aryl methyl sites for hydroxylation is 2. The van der Waals surface area contributed by atoms with Gasteiger partial charge in [-0.3, -0.25) is 9.59 Å². The Morgan fingerprint density at radius 1 is 1.12 bits per heavy atom. The number of hydrogen-bond donors (Lipinski definition) is 3. The van der Waals surface area contributed by atoms with Gasteiger partial charge in [0.15, 0.2) is 11.4 Å². The minimum atomic E-state index is -1.83. The zero-order valence-corrected chi connectivity index (χ0v) is 13.9. The molecule has 0 saturated heterocycles. The molecule has 1 amide bonds. The van der Waals surface area contributed by atoms with Crippen molar-refractivity contribution in [3.8, 4) is 0 Å². The molecule has 5 nitrogen and oxygen atoms in total. The molecule has 1 heterocycles. The predicted molar refractivity (Wildman–Crippen MR) is 93.4 cm³/mol. The van der Waals surface area contributed by atoms with Crippen LogP contribution in [0.25, 0.3) is 0 Å². The molecule has 1 unspecified atom stereocenters. The highest BCUT2D eigenvalue weighted by molar-refractivity contribution is 6.10. The van der Waals surface area contributed by atoms with E-state index < -0.39 is 11.5 Å². The van der Waals surface area contributed by atoms with Gasteiger partial charge in [-0.1, -0.05) is 12.1 Å². The van der Waals surface area contributed by atoms with Crippen LogP contribution >= 0.6 is 0 Å². The van der Waals surface area contributed by atoms with Gasteiger partial charge in [0, 0.05) is 23.9 Å². The van der Waals surface area contributed by atoms with E-state index >= 15 is 0 Å². The van der Waals surface area contributed by atoms with E-state index in [4.69, 9.17) is 0 Å². The van der Waals surface area contributed by atoms with Crippen molar-refractivity contribution in [1.82, 2.24) is 0 Å². The monoisotopic (exact) mass is 324 g/mol. The van der Waals surface area contributed by atoms with E-state index in [1.807, 2.05) is 26.0 Å². The van der Waals surface area contributed by atoms with E-state index in [1.165, 1.54) is 0 Å². The first-order chi connectivity index (χ1) is 11.4. The fraction of sp³-hybridized carbons (Fsp3) is 0.263. The third kappa shape index (κ3) is 2.47. The summed E-state index contributed by atoms with van der Waals surface area (Å²) in [6.45, 7) is 3.69. The highest BCUT2D eigenvalue weighted by Crippen LogP contribution is 2.42. The standard InChI is InChI=1S/C19H20N2O3/c1-11-4-5-12(2)17-16(11)19(24,18(23)21-17)10-15(22)13-6-8-14(20-3)9-7-13/h4-9,20,24H,10H2,1-3H3,(H,21,23). The van der Waals surface area contributed by atoms with E-state index in [9.17, 15) is 14.7 Å². The molecule has 1 aliphatic heterocycles. The maximum atomic E-state index is 12.6. The molecule has 0 bridgehead atoms. The molecule has 0 radical (unpaired) electrons. The lowest BCUT2D eigenvalue weighted by molar-refractivity contribution is -0.133. The molecule has 3 rings (SSSR count). The van der Waals surface area contributed by atoms with Crippen molar-refractivity contribution < 1.29 is 14.7 Å². The molecule has 0 fully saturated rings. The van der Waals surface area contributed by atoms with Gasteiger partial charge in [0.05, 0.1) is 12.1 Å². The topological polar surface area (TPSA) is 78.4 Å². The number of Topliss-reactive ketones (excluding diaryl/α,β-unsaturated/α-hetero) is 1. The third-order valence-electron chi connectivity index (χ3n) is 4.56. The summed E-state index contributed by atoms with van der Waals surface area (Å²) in [7, 11) is 1.80. The zero-order chi connectivity index (χ0) is 17.5. The predicted octanol–water partition coefficient (Wildman–Crippen LogP) is 2.76. The Labute approximate surface area is 140 Å². The van der Waals surface area contributed by atoms with Crippen LogP contribution in [0.4, 0.5) is 11.4 Å². The molecular weight excluding hydrogens is 304 g/mol. The van der Waals surface area contributed by atoms with Crippen LogP contribution in [0.5, 0.6) is 0 Å². The Morgan fingerprint density at radius 3 is 2.38 bits per heavy atom. The van der Waals surface area contributed by atoms with E-state index in [2.05, 4.69) is 10.6 Å². The summed E-state index contributed by atoms with van der Waals surface area (Å²) < 4.78 is 0. The number of aliphatic hydroxyl groups is 1. The molecule has 5 heteroatoms. The Hall–Kier alpha value is -2.66. The van der Waals surface area contributed by atoms with Gasteiger partial charge in [0.1, 0.15) is 0 Å². The van der Waals surface area contributed by atoms with E-state index in [0.29, 0.717) is 16.8 Å². The average molecular weight is 324 g/mol. The van der Waals surface area contributed by atoms with Crippen LogP contribution < -0.4 is 10.6 Å². The van der Waals surface area contributed by atoms with Gasteiger partial charge in [-0.25, -0.2) is 0 Å². The van der Waals surface area contributed by atoms with Crippen molar-refractivity contribution in [2.75, 3.05) is 17.7 Å². The number of rotatable bonds is 4. The van der Waals surface area contributed by atoms with E-state index in [0.717, 1.165) is 16.8 Å². The van der Waals surface area contributed by atoms with Crippen LogP contribution in [0, 0.1) is 13.8 Å². The van der Waals surface area contributed by atoms with Gasteiger partial charge < -0.3 is 15.7 Å². The van der Waals surface area contributed by atoms with Crippen molar-refractivity contribution in [3.05, 3.63) is 58.7 Å². The van der Waals surface area contributed by atoms with Crippen molar-refractivity contribution in [2.24, 2.45) is 0 Å². The molecule has 3 N–H and O–H groups in total. The van der Waals surface area contributed by atoms with Crippen LogP contribution in [0.2, 0.25) is 0 Å². The second kappa shape index (κ2) is 5.76. The Morgan fingerprint density at radius 2 is 1.75 bits per heavy atom. The number of anilines is 2. The largest absolute Gasteiger partial charge is 0.388 e. The molecular formula is C19H20N2O3. The maximum absolute atomic E-state index is 12.6. The first-order valence-corrected chi connectivity index (χ1v) is 7.82. The Balaban J connectivity index is 1.96. The number of ketones is 1. The molecule has 24 heavy (non-hydrogen) atoms. The number of carbonyl (C=O) groups is 2. The first kappa shape index (κ1) is 16.2. The summed E-state index contributed by atoms with van der Waals surface area (Å²) in [4.78, 5) is 25.0. The second-order valence-electron chi connectivity index (χ2n) is 6.19. The van der Waals surface area contributed by atoms with E-state index in [1.54, 1.807) is 31.3 Å². The summed E-state index contributed by atoms with van der Waals surface area (Å²) in [6, 6.07) is 10.7. The van der Waals surface area contributed by atoms with Gasteiger partial charge in [-0.05, 0) is 49.2 Å². The number of nitrogens with one attached hydrogen (secondary N) is 2. The molecule has 1 atom stereocenters. The summed E-state index contributed by atoms with van der Waals surface area (Å²) in [5.41, 5.74) is 2.30. The SMILES string of the molecule is CNc1ccc(C(=O)CC2(O)C(=O)Nc3c(C)ccc(C)c32)cc1. The lowest BCUT2D eigenvalue weighted by Crippen LogP contribution is -2.37. The van der Waals surface area contributed by atoms with Crippen LogP contribution in [-0.4, -0.2) is 23.8 Å². The molecule has 2 aromatic rings. The second-order valence-corrected chi connectivity index (χ2v) is 6.19. The van der Waals surface area contributed by atoms with Crippen molar-refractivity contribution in [2.45, 2.75) is 25.9 Å².